The minimum atomic E-state index is -0.283. The number of hydrogen-bond donors (Lipinski definition) is 0. The maximum Gasteiger partial charge on any atom is 0.326 e. The summed E-state index contributed by atoms with van der Waals surface area (Å²) in [5.41, 5.74) is 1.08. The minimum Gasteiger partial charge on any atom is -0.465 e. The Bertz CT molecular complexity index is 477. The highest BCUT2D eigenvalue weighted by molar-refractivity contribution is 5.84. The maximum atomic E-state index is 12.1. The molecule has 114 valence electrons. The number of hydrogen-bond acceptors (Lipinski definition) is 4. The molecule has 1 heterocycles. The molecular formula is C17H24N2O2. The van der Waals surface area contributed by atoms with Crippen LogP contribution in [-0.2, 0) is 16.1 Å². The molecule has 1 saturated carbocycles. The molecule has 1 aliphatic heterocycles. The van der Waals surface area contributed by atoms with Crippen LogP contribution in [0.25, 0.3) is 0 Å². The summed E-state index contributed by atoms with van der Waals surface area (Å²) in [5, 5.41) is 0. The lowest BCUT2D eigenvalue weighted by Crippen LogP contribution is -2.54. The standard InChI is InChI=1S/C17H24N2O2/c1-2-21-16(20)17(8-9-17)19-12-10-18(11-13-19)14-15-6-4-3-5-7-15/h3-7H,2,8-14H2,1H3. The van der Waals surface area contributed by atoms with Gasteiger partial charge in [-0.15, -0.1) is 0 Å². The van der Waals surface area contributed by atoms with Crippen molar-refractivity contribution in [3.05, 3.63) is 35.9 Å². The Morgan fingerprint density at radius 1 is 1.14 bits per heavy atom. The number of carbonyl (C=O) groups is 1. The lowest BCUT2D eigenvalue weighted by Gasteiger charge is -2.38. The highest BCUT2D eigenvalue weighted by atomic mass is 16.5. The smallest absolute Gasteiger partial charge is 0.326 e. The van der Waals surface area contributed by atoms with E-state index in [1.807, 2.05) is 6.92 Å². The molecular weight excluding hydrogens is 264 g/mol. The predicted molar refractivity (Wildman–Crippen MR) is 81.9 cm³/mol. The van der Waals surface area contributed by atoms with Crippen LogP contribution >= 0.6 is 0 Å². The average molecular weight is 288 g/mol. The molecule has 1 aromatic carbocycles. The molecule has 1 aromatic rings. The number of ether oxygens (including phenoxy) is 1. The van der Waals surface area contributed by atoms with Crippen LogP contribution < -0.4 is 0 Å². The average Bonchev–Trinajstić information content (AvgIpc) is 3.31. The monoisotopic (exact) mass is 288 g/mol. The summed E-state index contributed by atoms with van der Waals surface area (Å²) in [6.45, 7) is 7.34. The Morgan fingerprint density at radius 2 is 1.81 bits per heavy atom. The second kappa shape index (κ2) is 6.16. The second-order valence-corrected chi connectivity index (χ2v) is 6.00. The Balaban J connectivity index is 1.52. The Labute approximate surface area is 126 Å². The first kappa shape index (κ1) is 14.5. The Kier molecular flexibility index (Phi) is 4.27. The van der Waals surface area contributed by atoms with Crippen LogP contribution in [0.1, 0.15) is 25.3 Å². The maximum absolute atomic E-state index is 12.1. The van der Waals surface area contributed by atoms with Crippen molar-refractivity contribution >= 4 is 5.97 Å². The van der Waals surface area contributed by atoms with E-state index in [0.29, 0.717) is 6.61 Å². The summed E-state index contributed by atoms with van der Waals surface area (Å²) in [5.74, 6) is -0.0125. The molecule has 2 aliphatic rings. The number of esters is 1. The largest absolute Gasteiger partial charge is 0.465 e. The normalized spacial score (nSPS) is 22.0. The van der Waals surface area contributed by atoms with E-state index >= 15 is 0 Å². The molecule has 0 unspecified atom stereocenters. The van der Waals surface area contributed by atoms with Crippen molar-refractivity contribution in [2.75, 3.05) is 32.8 Å². The van der Waals surface area contributed by atoms with Gasteiger partial charge in [0.05, 0.1) is 6.61 Å². The predicted octanol–water partition coefficient (Wildman–Crippen LogP) is 1.90. The molecule has 3 rings (SSSR count). The van der Waals surface area contributed by atoms with Crippen molar-refractivity contribution in [1.29, 1.82) is 0 Å². The molecule has 1 aliphatic carbocycles. The zero-order valence-corrected chi connectivity index (χ0v) is 12.8. The second-order valence-electron chi connectivity index (χ2n) is 6.00. The van der Waals surface area contributed by atoms with E-state index in [9.17, 15) is 4.79 Å². The molecule has 4 nitrogen and oxygen atoms in total. The quantitative estimate of drug-likeness (QED) is 0.775. The van der Waals surface area contributed by atoms with Gasteiger partial charge in [0.1, 0.15) is 5.54 Å². The van der Waals surface area contributed by atoms with Gasteiger partial charge in [-0.3, -0.25) is 14.6 Å². The van der Waals surface area contributed by atoms with Crippen molar-refractivity contribution in [2.45, 2.75) is 31.8 Å². The molecule has 0 amide bonds. The fourth-order valence-electron chi connectivity index (χ4n) is 3.21. The molecule has 0 radical (unpaired) electrons. The van der Waals surface area contributed by atoms with Gasteiger partial charge in [0.15, 0.2) is 0 Å². The number of rotatable bonds is 5. The van der Waals surface area contributed by atoms with E-state index < -0.39 is 0 Å². The third kappa shape index (κ3) is 3.11. The lowest BCUT2D eigenvalue weighted by atomic mass is 10.1. The van der Waals surface area contributed by atoms with E-state index in [2.05, 4.69) is 40.1 Å². The van der Waals surface area contributed by atoms with Crippen LogP contribution in [0, 0.1) is 0 Å². The van der Waals surface area contributed by atoms with Gasteiger partial charge in [0.25, 0.3) is 0 Å². The third-order valence-corrected chi connectivity index (χ3v) is 4.61. The van der Waals surface area contributed by atoms with E-state index in [1.54, 1.807) is 0 Å². The lowest BCUT2D eigenvalue weighted by molar-refractivity contribution is -0.152. The molecule has 0 N–H and O–H groups in total. The van der Waals surface area contributed by atoms with Gasteiger partial charge in [-0.25, -0.2) is 0 Å². The highest BCUT2D eigenvalue weighted by Gasteiger charge is 2.56. The van der Waals surface area contributed by atoms with Gasteiger partial charge in [-0.1, -0.05) is 30.3 Å². The minimum absolute atomic E-state index is 0.0125. The summed E-state index contributed by atoms with van der Waals surface area (Å²) in [6, 6.07) is 10.6. The number of nitrogens with zero attached hydrogens (tertiary/aromatic N) is 2. The van der Waals surface area contributed by atoms with Crippen molar-refractivity contribution in [1.82, 2.24) is 9.80 Å². The van der Waals surface area contributed by atoms with Crippen LogP contribution in [0.3, 0.4) is 0 Å². The number of benzene rings is 1. The van der Waals surface area contributed by atoms with E-state index in [4.69, 9.17) is 4.74 Å². The van der Waals surface area contributed by atoms with Crippen LogP contribution in [0.5, 0.6) is 0 Å². The van der Waals surface area contributed by atoms with Crippen LogP contribution in [0.4, 0.5) is 0 Å². The highest BCUT2D eigenvalue weighted by Crippen LogP contribution is 2.43. The third-order valence-electron chi connectivity index (χ3n) is 4.61. The first-order chi connectivity index (χ1) is 10.2. The number of piperazine rings is 1. The van der Waals surface area contributed by atoms with Gasteiger partial charge < -0.3 is 4.74 Å². The van der Waals surface area contributed by atoms with Crippen molar-refractivity contribution < 1.29 is 9.53 Å². The zero-order chi connectivity index (χ0) is 14.7. The molecule has 0 atom stereocenters. The van der Waals surface area contributed by atoms with E-state index in [0.717, 1.165) is 45.6 Å². The summed E-state index contributed by atoms with van der Waals surface area (Å²) >= 11 is 0. The molecule has 4 heteroatoms. The molecule has 21 heavy (non-hydrogen) atoms. The number of carbonyl (C=O) groups excluding carboxylic acids is 1. The molecule has 0 spiro atoms. The zero-order valence-electron chi connectivity index (χ0n) is 12.8. The fourth-order valence-corrected chi connectivity index (χ4v) is 3.21. The van der Waals surface area contributed by atoms with E-state index in [1.165, 1.54) is 5.56 Å². The van der Waals surface area contributed by atoms with Gasteiger partial charge in [0.2, 0.25) is 0 Å². The first-order valence-corrected chi connectivity index (χ1v) is 7.93. The first-order valence-electron chi connectivity index (χ1n) is 7.93. The molecule has 1 saturated heterocycles. The van der Waals surface area contributed by atoms with Crippen LogP contribution in [-0.4, -0.2) is 54.1 Å². The SMILES string of the molecule is CCOC(=O)C1(N2CCN(Cc3ccccc3)CC2)CC1. The summed E-state index contributed by atoms with van der Waals surface area (Å²) < 4.78 is 5.25. The molecule has 0 aromatic heterocycles. The summed E-state index contributed by atoms with van der Waals surface area (Å²) in [4.78, 5) is 16.9. The van der Waals surface area contributed by atoms with Gasteiger partial charge in [0, 0.05) is 32.7 Å². The van der Waals surface area contributed by atoms with E-state index in [-0.39, 0.29) is 11.5 Å². The Morgan fingerprint density at radius 3 is 2.38 bits per heavy atom. The fraction of sp³-hybridized carbons (Fsp3) is 0.588. The van der Waals surface area contributed by atoms with Gasteiger partial charge in [-0.05, 0) is 25.3 Å². The summed E-state index contributed by atoms with van der Waals surface area (Å²) in [6.07, 6.45) is 1.93. The van der Waals surface area contributed by atoms with Crippen molar-refractivity contribution in [3.8, 4) is 0 Å². The topological polar surface area (TPSA) is 32.8 Å². The molecule has 0 bridgehead atoms. The van der Waals surface area contributed by atoms with Crippen LogP contribution in [0.15, 0.2) is 30.3 Å². The van der Waals surface area contributed by atoms with Gasteiger partial charge >= 0.3 is 5.97 Å². The van der Waals surface area contributed by atoms with Gasteiger partial charge in [-0.2, -0.15) is 0 Å². The van der Waals surface area contributed by atoms with Crippen molar-refractivity contribution in [3.63, 3.8) is 0 Å². The molecule has 2 fully saturated rings. The summed E-state index contributed by atoms with van der Waals surface area (Å²) in [7, 11) is 0. The Hall–Kier alpha value is -1.39. The van der Waals surface area contributed by atoms with Crippen LogP contribution in [0.2, 0.25) is 0 Å². The van der Waals surface area contributed by atoms with Crippen molar-refractivity contribution in [2.24, 2.45) is 0 Å².